The molecule has 3 rings (SSSR count). The lowest BCUT2D eigenvalue weighted by Crippen LogP contribution is -2.49. The van der Waals surface area contributed by atoms with E-state index in [1.165, 1.54) is 38.6 Å². The van der Waals surface area contributed by atoms with Gasteiger partial charge in [0.2, 0.25) is 0 Å². The Morgan fingerprint density at radius 2 is 1.89 bits per heavy atom. The first-order valence-electron chi connectivity index (χ1n) is 10.9. The molecule has 2 fully saturated rings. The molecule has 0 aromatic carbocycles. The Morgan fingerprint density at radius 3 is 2.61 bits per heavy atom. The number of nitrogens with one attached hydrogen (secondary N) is 2. The average molecular weight is 390 g/mol. The molecule has 1 saturated carbocycles. The molecule has 1 aromatic rings. The van der Waals surface area contributed by atoms with Crippen LogP contribution in [0.25, 0.3) is 0 Å². The van der Waals surface area contributed by atoms with E-state index in [1.54, 1.807) is 13.8 Å². The number of esters is 1. The van der Waals surface area contributed by atoms with Crippen LogP contribution in [0.1, 0.15) is 84.0 Å². The van der Waals surface area contributed by atoms with Crippen LogP contribution < -0.4 is 5.32 Å². The van der Waals surface area contributed by atoms with Crippen LogP contribution in [-0.2, 0) is 4.74 Å². The Labute approximate surface area is 168 Å². The fourth-order valence-corrected chi connectivity index (χ4v) is 4.83. The molecule has 28 heavy (non-hydrogen) atoms. The number of likely N-dealkylation sites (tertiary alicyclic amines) is 1. The molecule has 0 bridgehead atoms. The molecule has 1 aliphatic carbocycles. The maximum absolute atomic E-state index is 12.9. The van der Waals surface area contributed by atoms with Gasteiger partial charge in [-0.2, -0.15) is 0 Å². The summed E-state index contributed by atoms with van der Waals surface area (Å²) in [6, 6.07) is 0.171. The lowest BCUT2D eigenvalue weighted by atomic mass is 9.88. The van der Waals surface area contributed by atoms with E-state index >= 15 is 0 Å². The highest BCUT2D eigenvalue weighted by molar-refractivity contribution is 6.01. The second-order valence-electron chi connectivity index (χ2n) is 8.42. The first-order chi connectivity index (χ1) is 13.5. The number of rotatable bonds is 6. The fraction of sp³-hybridized carbons (Fsp3) is 0.727. The van der Waals surface area contributed by atoms with E-state index in [0.29, 0.717) is 29.1 Å². The number of hydrogen-bond donors (Lipinski definition) is 2. The summed E-state index contributed by atoms with van der Waals surface area (Å²) in [4.78, 5) is 30.6. The van der Waals surface area contributed by atoms with Crippen molar-refractivity contribution in [2.75, 3.05) is 26.2 Å². The molecule has 1 aromatic heterocycles. The number of ether oxygens (including phenoxy) is 1. The number of nitrogens with zero attached hydrogens (tertiary/aromatic N) is 1. The van der Waals surface area contributed by atoms with Gasteiger partial charge in [-0.1, -0.05) is 19.3 Å². The number of hydrogen-bond acceptors (Lipinski definition) is 4. The molecule has 1 aliphatic heterocycles. The molecule has 6 nitrogen and oxygen atoms in total. The SMILES string of the molecule is CCOC(=O)c1[nH]c(C)c(C(=O)NC2CCCN(CC3CCCCC3)C2)c1C. The van der Waals surface area contributed by atoms with Crippen LogP contribution in [0.5, 0.6) is 0 Å². The van der Waals surface area contributed by atoms with Crippen molar-refractivity contribution < 1.29 is 14.3 Å². The summed E-state index contributed by atoms with van der Waals surface area (Å²) in [7, 11) is 0. The van der Waals surface area contributed by atoms with Crippen molar-refractivity contribution in [3.8, 4) is 0 Å². The van der Waals surface area contributed by atoms with Crippen molar-refractivity contribution in [3.05, 3.63) is 22.5 Å². The van der Waals surface area contributed by atoms with Crippen LogP contribution in [0, 0.1) is 19.8 Å². The average Bonchev–Trinajstić information content (AvgIpc) is 2.97. The molecule has 2 heterocycles. The number of aryl methyl sites for hydroxylation is 1. The first-order valence-corrected chi connectivity index (χ1v) is 10.9. The van der Waals surface area contributed by atoms with Gasteiger partial charge < -0.3 is 19.9 Å². The molecule has 2 N–H and O–H groups in total. The summed E-state index contributed by atoms with van der Waals surface area (Å²) < 4.78 is 5.08. The molecule has 1 saturated heterocycles. The minimum absolute atomic E-state index is 0.0914. The van der Waals surface area contributed by atoms with Crippen LogP contribution in [-0.4, -0.2) is 54.0 Å². The summed E-state index contributed by atoms with van der Waals surface area (Å²) in [6.07, 6.45) is 8.97. The molecule has 1 unspecified atom stereocenters. The number of aromatic nitrogens is 1. The van der Waals surface area contributed by atoms with Crippen molar-refractivity contribution >= 4 is 11.9 Å². The quantitative estimate of drug-likeness (QED) is 0.729. The first kappa shape index (κ1) is 20.9. The van der Waals surface area contributed by atoms with E-state index < -0.39 is 5.97 Å². The number of carbonyl (C=O) groups excluding carboxylic acids is 2. The summed E-state index contributed by atoms with van der Waals surface area (Å²) >= 11 is 0. The maximum Gasteiger partial charge on any atom is 0.355 e. The van der Waals surface area contributed by atoms with Gasteiger partial charge in [0.25, 0.3) is 5.91 Å². The molecule has 6 heteroatoms. The summed E-state index contributed by atoms with van der Waals surface area (Å²) in [5.74, 6) is 0.328. The van der Waals surface area contributed by atoms with Gasteiger partial charge >= 0.3 is 5.97 Å². The van der Waals surface area contributed by atoms with E-state index in [-0.39, 0.29) is 11.9 Å². The number of H-pyrrole nitrogens is 1. The van der Waals surface area contributed by atoms with E-state index in [4.69, 9.17) is 4.74 Å². The molecule has 1 atom stereocenters. The number of carbonyl (C=O) groups is 2. The second-order valence-corrected chi connectivity index (χ2v) is 8.42. The van der Waals surface area contributed by atoms with Gasteiger partial charge in [-0.05, 0) is 64.5 Å². The van der Waals surface area contributed by atoms with Gasteiger partial charge in [-0.25, -0.2) is 4.79 Å². The highest BCUT2D eigenvalue weighted by Gasteiger charge is 2.27. The topological polar surface area (TPSA) is 74.4 Å². The zero-order valence-corrected chi connectivity index (χ0v) is 17.6. The fourth-order valence-electron chi connectivity index (χ4n) is 4.83. The van der Waals surface area contributed by atoms with Crippen molar-refractivity contribution in [1.82, 2.24) is 15.2 Å². The molecular formula is C22H35N3O3. The third-order valence-corrected chi connectivity index (χ3v) is 6.23. The van der Waals surface area contributed by atoms with Crippen molar-refractivity contribution in [1.29, 1.82) is 0 Å². The van der Waals surface area contributed by atoms with Gasteiger partial charge in [0, 0.05) is 24.8 Å². The lowest BCUT2D eigenvalue weighted by Gasteiger charge is -2.36. The predicted octanol–water partition coefficient (Wildman–Crippen LogP) is 3.58. The highest BCUT2D eigenvalue weighted by Crippen LogP contribution is 2.26. The minimum Gasteiger partial charge on any atom is -0.461 e. The standard InChI is InChI=1S/C22H35N3O3/c1-4-28-22(27)20-15(2)19(16(3)23-20)21(26)24-18-11-8-12-25(14-18)13-17-9-6-5-7-10-17/h17-18,23H,4-14H2,1-3H3,(H,24,26). The van der Waals surface area contributed by atoms with E-state index in [0.717, 1.165) is 31.8 Å². The predicted molar refractivity (Wildman–Crippen MR) is 110 cm³/mol. The smallest absolute Gasteiger partial charge is 0.355 e. The Hall–Kier alpha value is -1.82. The molecule has 1 amide bonds. The summed E-state index contributed by atoms with van der Waals surface area (Å²) in [6.45, 7) is 8.96. The van der Waals surface area contributed by atoms with Crippen LogP contribution in [0.3, 0.4) is 0 Å². The third-order valence-electron chi connectivity index (χ3n) is 6.23. The lowest BCUT2D eigenvalue weighted by molar-refractivity contribution is 0.0519. The summed E-state index contributed by atoms with van der Waals surface area (Å²) in [5.41, 5.74) is 2.34. The number of amides is 1. The number of piperidine rings is 1. The Bertz CT molecular complexity index is 691. The van der Waals surface area contributed by atoms with Gasteiger partial charge in [0.15, 0.2) is 0 Å². The number of aromatic amines is 1. The largest absolute Gasteiger partial charge is 0.461 e. The van der Waals surface area contributed by atoms with Crippen LogP contribution >= 0.6 is 0 Å². The zero-order valence-electron chi connectivity index (χ0n) is 17.6. The van der Waals surface area contributed by atoms with Crippen LogP contribution in [0.2, 0.25) is 0 Å². The molecular weight excluding hydrogens is 354 g/mol. The maximum atomic E-state index is 12.9. The van der Waals surface area contributed by atoms with Gasteiger partial charge in [-0.3, -0.25) is 4.79 Å². The minimum atomic E-state index is -0.404. The van der Waals surface area contributed by atoms with E-state index in [9.17, 15) is 9.59 Å². The zero-order chi connectivity index (χ0) is 20.1. The second kappa shape index (κ2) is 9.59. The van der Waals surface area contributed by atoms with Crippen LogP contribution in [0.4, 0.5) is 0 Å². The van der Waals surface area contributed by atoms with Gasteiger partial charge in [0.05, 0.1) is 12.2 Å². The van der Waals surface area contributed by atoms with E-state index in [1.807, 2.05) is 6.92 Å². The van der Waals surface area contributed by atoms with Gasteiger partial charge in [-0.15, -0.1) is 0 Å². The van der Waals surface area contributed by atoms with Crippen molar-refractivity contribution in [3.63, 3.8) is 0 Å². The third kappa shape index (κ3) is 4.96. The normalized spacial score (nSPS) is 21.5. The monoisotopic (exact) mass is 389 g/mol. The van der Waals surface area contributed by atoms with Crippen LogP contribution in [0.15, 0.2) is 0 Å². The molecule has 0 spiro atoms. The Morgan fingerprint density at radius 1 is 1.14 bits per heavy atom. The highest BCUT2D eigenvalue weighted by atomic mass is 16.5. The molecule has 2 aliphatic rings. The van der Waals surface area contributed by atoms with E-state index in [2.05, 4.69) is 15.2 Å². The molecule has 0 radical (unpaired) electrons. The summed E-state index contributed by atoms with van der Waals surface area (Å²) in [5, 5.41) is 3.22. The van der Waals surface area contributed by atoms with Crippen molar-refractivity contribution in [2.24, 2.45) is 5.92 Å². The van der Waals surface area contributed by atoms with Crippen molar-refractivity contribution in [2.45, 2.75) is 71.8 Å². The van der Waals surface area contributed by atoms with Gasteiger partial charge in [0.1, 0.15) is 5.69 Å². The molecule has 156 valence electrons. The Balaban J connectivity index is 1.60. The Kier molecular flexibility index (Phi) is 7.16.